The molecule has 6 heteroatoms. The van der Waals surface area contributed by atoms with Crippen molar-refractivity contribution in [1.29, 1.82) is 0 Å². The fourth-order valence-corrected chi connectivity index (χ4v) is 3.07. The first-order valence-electron chi connectivity index (χ1n) is 8.89. The predicted molar refractivity (Wildman–Crippen MR) is 102 cm³/mol. The van der Waals surface area contributed by atoms with E-state index in [1.54, 1.807) is 38.0 Å². The highest BCUT2D eigenvalue weighted by Crippen LogP contribution is 2.32. The number of carbonyl (C=O) groups is 2. The van der Waals surface area contributed by atoms with E-state index in [1.165, 1.54) is 0 Å². The molecule has 0 radical (unpaired) electrons. The van der Waals surface area contributed by atoms with Crippen LogP contribution in [0.4, 0.5) is 11.4 Å². The van der Waals surface area contributed by atoms with Crippen molar-refractivity contribution in [2.24, 2.45) is 0 Å². The molecule has 0 fully saturated rings. The number of rotatable bonds is 6. The van der Waals surface area contributed by atoms with Gasteiger partial charge in [0.05, 0.1) is 11.4 Å². The molecule has 0 aliphatic carbocycles. The van der Waals surface area contributed by atoms with Crippen molar-refractivity contribution in [3.63, 3.8) is 0 Å². The summed E-state index contributed by atoms with van der Waals surface area (Å²) in [5.41, 5.74) is 2.31. The second kappa shape index (κ2) is 8.74. The SMILES string of the molecule is CN(C)C(=O)CCN1CCCN(CCC(=O)N(C)C)c2ccccc21. The monoisotopic (exact) mass is 346 g/mol. The summed E-state index contributed by atoms with van der Waals surface area (Å²) in [7, 11) is 7.18. The molecule has 1 aliphatic heterocycles. The number of hydrogen-bond donors (Lipinski definition) is 0. The van der Waals surface area contributed by atoms with E-state index in [1.807, 2.05) is 12.1 Å². The normalized spacial score (nSPS) is 13.9. The summed E-state index contributed by atoms with van der Waals surface area (Å²) >= 11 is 0. The van der Waals surface area contributed by atoms with E-state index in [9.17, 15) is 9.59 Å². The molecule has 0 atom stereocenters. The van der Waals surface area contributed by atoms with Crippen LogP contribution < -0.4 is 9.80 Å². The molecule has 0 saturated heterocycles. The van der Waals surface area contributed by atoms with Gasteiger partial charge in [-0.25, -0.2) is 0 Å². The Balaban J connectivity index is 2.11. The lowest BCUT2D eigenvalue weighted by atomic mass is 10.2. The summed E-state index contributed by atoms with van der Waals surface area (Å²) in [5.74, 6) is 0.297. The first-order chi connectivity index (χ1) is 11.9. The Morgan fingerprint density at radius 1 is 0.840 bits per heavy atom. The molecule has 0 N–H and O–H groups in total. The molecule has 0 saturated carbocycles. The van der Waals surface area contributed by atoms with Gasteiger partial charge in [0.2, 0.25) is 11.8 Å². The number of para-hydroxylation sites is 2. The summed E-state index contributed by atoms with van der Waals surface area (Å²) < 4.78 is 0. The largest absolute Gasteiger partial charge is 0.369 e. The molecule has 0 unspecified atom stereocenters. The van der Waals surface area contributed by atoms with E-state index < -0.39 is 0 Å². The van der Waals surface area contributed by atoms with Crippen LogP contribution in [-0.4, -0.2) is 76.0 Å². The van der Waals surface area contributed by atoms with Gasteiger partial charge in [-0.1, -0.05) is 12.1 Å². The minimum absolute atomic E-state index is 0.148. The number of hydrogen-bond acceptors (Lipinski definition) is 4. The van der Waals surface area contributed by atoms with E-state index in [0.717, 1.165) is 44.0 Å². The third-order valence-corrected chi connectivity index (χ3v) is 4.61. The van der Waals surface area contributed by atoms with E-state index in [0.29, 0.717) is 12.8 Å². The maximum Gasteiger partial charge on any atom is 0.223 e. The molecule has 0 aromatic heterocycles. The molecule has 2 rings (SSSR count). The number of fused-ring (bicyclic) bond motifs is 1. The molecule has 2 amide bonds. The van der Waals surface area contributed by atoms with Crippen LogP contribution in [0.1, 0.15) is 19.3 Å². The Morgan fingerprint density at radius 3 is 1.60 bits per heavy atom. The minimum Gasteiger partial charge on any atom is -0.369 e. The fourth-order valence-electron chi connectivity index (χ4n) is 3.07. The van der Waals surface area contributed by atoms with Gasteiger partial charge >= 0.3 is 0 Å². The van der Waals surface area contributed by atoms with Crippen molar-refractivity contribution in [3.05, 3.63) is 24.3 Å². The maximum atomic E-state index is 11.9. The van der Waals surface area contributed by atoms with Gasteiger partial charge in [-0.15, -0.1) is 0 Å². The zero-order valence-corrected chi connectivity index (χ0v) is 15.9. The van der Waals surface area contributed by atoms with Crippen molar-refractivity contribution in [1.82, 2.24) is 9.80 Å². The molecule has 1 heterocycles. The lowest BCUT2D eigenvalue weighted by Crippen LogP contribution is -2.30. The summed E-state index contributed by atoms with van der Waals surface area (Å²) in [4.78, 5) is 31.7. The van der Waals surface area contributed by atoms with Crippen LogP contribution in [0, 0.1) is 0 Å². The van der Waals surface area contributed by atoms with Crippen LogP contribution in [0.3, 0.4) is 0 Å². The van der Waals surface area contributed by atoms with Crippen molar-refractivity contribution in [2.45, 2.75) is 19.3 Å². The lowest BCUT2D eigenvalue weighted by Gasteiger charge is -2.28. The first kappa shape index (κ1) is 19.1. The van der Waals surface area contributed by atoms with Crippen molar-refractivity contribution in [3.8, 4) is 0 Å². The smallest absolute Gasteiger partial charge is 0.223 e. The van der Waals surface area contributed by atoms with Gasteiger partial charge in [-0.2, -0.15) is 0 Å². The molecule has 1 aromatic rings. The van der Waals surface area contributed by atoms with Crippen LogP contribution in [0.5, 0.6) is 0 Å². The zero-order valence-electron chi connectivity index (χ0n) is 15.9. The average molecular weight is 346 g/mol. The molecule has 1 aliphatic rings. The highest BCUT2D eigenvalue weighted by Gasteiger charge is 2.21. The zero-order chi connectivity index (χ0) is 18.4. The second-order valence-electron chi connectivity index (χ2n) is 6.89. The average Bonchev–Trinajstić information content (AvgIpc) is 2.76. The third kappa shape index (κ3) is 5.11. The van der Waals surface area contributed by atoms with Crippen molar-refractivity contribution < 1.29 is 9.59 Å². The number of anilines is 2. The van der Waals surface area contributed by atoms with Gasteiger partial charge in [-0.3, -0.25) is 9.59 Å². The van der Waals surface area contributed by atoms with Crippen molar-refractivity contribution in [2.75, 3.05) is 64.2 Å². The Kier molecular flexibility index (Phi) is 6.67. The van der Waals surface area contributed by atoms with Gasteiger partial charge in [-0.05, 0) is 18.6 Å². The fraction of sp³-hybridized carbons (Fsp3) is 0.579. The quantitative estimate of drug-likeness (QED) is 0.786. The molecule has 25 heavy (non-hydrogen) atoms. The van der Waals surface area contributed by atoms with Gasteiger partial charge in [0.1, 0.15) is 0 Å². The Labute approximate surface area is 151 Å². The van der Waals surface area contributed by atoms with E-state index in [2.05, 4.69) is 21.9 Å². The van der Waals surface area contributed by atoms with Gasteiger partial charge in [0, 0.05) is 67.2 Å². The summed E-state index contributed by atoms with van der Waals surface area (Å²) in [6, 6.07) is 8.30. The van der Waals surface area contributed by atoms with Crippen LogP contribution in [-0.2, 0) is 9.59 Å². The van der Waals surface area contributed by atoms with Crippen LogP contribution in [0.25, 0.3) is 0 Å². The molecule has 0 spiro atoms. The van der Waals surface area contributed by atoms with E-state index >= 15 is 0 Å². The van der Waals surface area contributed by atoms with E-state index in [4.69, 9.17) is 0 Å². The second-order valence-corrected chi connectivity index (χ2v) is 6.89. The lowest BCUT2D eigenvalue weighted by molar-refractivity contribution is -0.129. The third-order valence-electron chi connectivity index (χ3n) is 4.61. The molecule has 138 valence electrons. The topological polar surface area (TPSA) is 47.1 Å². The standard InChI is InChI=1S/C19H30N4O2/c1-20(2)18(24)10-14-22-12-7-13-23(15-11-19(25)21(3)4)17-9-6-5-8-16(17)22/h5-6,8-9H,7,10-15H2,1-4H3. The van der Waals surface area contributed by atoms with Gasteiger partial charge < -0.3 is 19.6 Å². The van der Waals surface area contributed by atoms with Crippen LogP contribution in [0.2, 0.25) is 0 Å². The molecular weight excluding hydrogens is 316 g/mol. The molecule has 6 nitrogen and oxygen atoms in total. The Bertz CT molecular complexity index is 550. The van der Waals surface area contributed by atoms with E-state index in [-0.39, 0.29) is 11.8 Å². The first-order valence-corrected chi connectivity index (χ1v) is 8.89. The highest BCUT2D eigenvalue weighted by molar-refractivity contribution is 5.78. The maximum absolute atomic E-state index is 11.9. The van der Waals surface area contributed by atoms with Gasteiger partial charge in [0.25, 0.3) is 0 Å². The summed E-state index contributed by atoms with van der Waals surface area (Å²) in [5, 5.41) is 0. The van der Waals surface area contributed by atoms with Crippen LogP contribution >= 0.6 is 0 Å². The number of benzene rings is 1. The van der Waals surface area contributed by atoms with Crippen LogP contribution in [0.15, 0.2) is 24.3 Å². The Morgan fingerprint density at radius 2 is 1.24 bits per heavy atom. The number of nitrogens with zero attached hydrogens (tertiary/aromatic N) is 4. The number of carbonyl (C=O) groups excluding carboxylic acids is 2. The van der Waals surface area contributed by atoms with Gasteiger partial charge in [0.15, 0.2) is 0 Å². The van der Waals surface area contributed by atoms with Crippen molar-refractivity contribution >= 4 is 23.2 Å². The molecule has 0 bridgehead atoms. The summed E-state index contributed by atoms with van der Waals surface area (Å²) in [6.07, 6.45) is 2.04. The summed E-state index contributed by atoms with van der Waals surface area (Å²) in [6.45, 7) is 3.29. The molecular formula is C19H30N4O2. The predicted octanol–water partition coefficient (Wildman–Crippen LogP) is 1.66. The number of amides is 2. The Hall–Kier alpha value is -2.24. The minimum atomic E-state index is 0.148. The highest BCUT2D eigenvalue weighted by atomic mass is 16.2. The molecule has 1 aromatic carbocycles.